The first kappa shape index (κ1) is 10.4. The van der Waals surface area contributed by atoms with Gasteiger partial charge in [0.25, 0.3) is 0 Å². The first-order valence-corrected chi connectivity index (χ1v) is 5.95. The van der Waals surface area contributed by atoms with Crippen molar-refractivity contribution in [3.63, 3.8) is 0 Å². The van der Waals surface area contributed by atoms with Crippen LogP contribution >= 0.6 is 0 Å². The molecule has 3 nitrogen and oxygen atoms in total. The van der Waals surface area contributed by atoms with E-state index >= 15 is 0 Å². The summed E-state index contributed by atoms with van der Waals surface area (Å²) in [4.78, 5) is 6.84. The molecule has 0 unspecified atom stereocenters. The van der Waals surface area contributed by atoms with Gasteiger partial charge < -0.3 is 10.2 Å². The summed E-state index contributed by atoms with van der Waals surface area (Å²) in [6.45, 7) is 5.44. The van der Waals surface area contributed by atoms with Gasteiger partial charge in [-0.1, -0.05) is 18.2 Å². The molecule has 17 heavy (non-hydrogen) atoms. The fourth-order valence-corrected chi connectivity index (χ4v) is 2.35. The van der Waals surface area contributed by atoms with E-state index in [9.17, 15) is 0 Å². The van der Waals surface area contributed by atoms with Gasteiger partial charge in [0.15, 0.2) is 0 Å². The summed E-state index contributed by atoms with van der Waals surface area (Å²) in [5.41, 5.74) is 3.56. The minimum atomic E-state index is 0.122. The van der Waals surface area contributed by atoms with Crippen LogP contribution in [0.3, 0.4) is 0 Å². The second-order valence-electron chi connectivity index (χ2n) is 5.26. The molecular formula is C14H17N3. The molecule has 0 atom stereocenters. The third-order valence-corrected chi connectivity index (χ3v) is 3.70. The summed E-state index contributed by atoms with van der Waals surface area (Å²) in [5.74, 6) is 0. The van der Waals surface area contributed by atoms with E-state index in [0.29, 0.717) is 0 Å². The van der Waals surface area contributed by atoms with Crippen LogP contribution in [0.2, 0.25) is 0 Å². The molecule has 1 aliphatic rings. The van der Waals surface area contributed by atoms with Gasteiger partial charge in [-0.2, -0.15) is 0 Å². The molecule has 0 saturated heterocycles. The smallest absolute Gasteiger partial charge is 0.0772 e. The van der Waals surface area contributed by atoms with E-state index < -0.39 is 0 Å². The Bertz CT molecular complexity index is 575. The van der Waals surface area contributed by atoms with Crippen LogP contribution in [0.25, 0.3) is 10.9 Å². The number of para-hydroxylation sites is 1. The Balaban J connectivity index is 2.31. The van der Waals surface area contributed by atoms with Crippen LogP contribution in [-0.2, 0) is 0 Å². The van der Waals surface area contributed by atoms with Gasteiger partial charge in [0.2, 0.25) is 0 Å². The SMILES string of the molecule is CN1c2c(cnc3ccccc23)NCC1(C)C. The fourth-order valence-electron chi connectivity index (χ4n) is 2.35. The number of hydrogen-bond acceptors (Lipinski definition) is 3. The number of hydrogen-bond donors (Lipinski definition) is 1. The number of pyridine rings is 1. The molecule has 1 N–H and O–H groups in total. The van der Waals surface area contributed by atoms with Crippen molar-refractivity contribution in [2.45, 2.75) is 19.4 Å². The fraction of sp³-hybridized carbons (Fsp3) is 0.357. The van der Waals surface area contributed by atoms with Crippen LogP contribution in [-0.4, -0.2) is 24.1 Å². The molecule has 0 aliphatic carbocycles. The number of nitrogens with one attached hydrogen (secondary N) is 1. The Labute approximate surface area is 101 Å². The van der Waals surface area contributed by atoms with E-state index in [0.717, 1.165) is 17.7 Å². The molecule has 88 valence electrons. The van der Waals surface area contributed by atoms with Gasteiger partial charge in [-0.3, -0.25) is 4.98 Å². The van der Waals surface area contributed by atoms with Crippen LogP contribution in [0.5, 0.6) is 0 Å². The summed E-state index contributed by atoms with van der Waals surface area (Å²) < 4.78 is 0. The number of anilines is 2. The van der Waals surface area contributed by atoms with Crippen molar-refractivity contribution in [1.82, 2.24) is 4.98 Å². The Morgan fingerprint density at radius 1 is 1.29 bits per heavy atom. The van der Waals surface area contributed by atoms with Crippen LogP contribution in [0.15, 0.2) is 30.5 Å². The van der Waals surface area contributed by atoms with E-state index in [1.54, 1.807) is 0 Å². The molecule has 0 saturated carbocycles. The summed E-state index contributed by atoms with van der Waals surface area (Å²) in [7, 11) is 2.16. The Morgan fingerprint density at radius 3 is 2.88 bits per heavy atom. The van der Waals surface area contributed by atoms with E-state index in [4.69, 9.17) is 0 Å². The van der Waals surface area contributed by atoms with Crippen molar-refractivity contribution in [1.29, 1.82) is 0 Å². The third-order valence-electron chi connectivity index (χ3n) is 3.70. The second-order valence-corrected chi connectivity index (χ2v) is 5.26. The highest BCUT2D eigenvalue weighted by molar-refractivity contribution is 5.99. The standard InChI is InChI=1S/C14H17N3/c1-14(2)9-16-12-8-15-11-7-5-4-6-10(11)13(12)17(14)3/h4-8,16H,9H2,1-3H3. The largest absolute Gasteiger partial charge is 0.380 e. The molecule has 3 rings (SSSR count). The lowest BCUT2D eigenvalue weighted by atomic mass is 9.97. The van der Waals surface area contributed by atoms with Crippen LogP contribution in [0.1, 0.15) is 13.8 Å². The van der Waals surface area contributed by atoms with Crippen molar-refractivity contribution in [3.05, 3.63) is 30.5 Å². The van der Waals surface area contributed by atoms with E-state index in [-0.39, 0.29) is 5.54 Å². The quantitative estimate of drug-likeness (QED) is 0.750. The van der Waals surface area contributed by atoms with Gasteiger partial charge in [0.05, 0.1) is 28.6 Å². The molecule has 0 bridgehead atoms. The summed E-state index contributed by atoms with van der Waals surface area (Å²) in [5, 5.41) is 4.69. The molecule has 1 aromatic heterocycles. The number of likely N-dealkylation sites (N-methyl/N-ethyl adjacent to an activating group) is 1. The number of rotatable bonds is 0. The highest BCUT2D eigenvalue weighted by atomic mass is 15.2. The molecule has 0 radical (unpaired) electrons. The predicted octanol–water partition coefficient (Wildman–Crippen LogP) is 2.88. The zero-order chi connectivity index (χ0) is 12.0. The van der Waals surface area contributed by atoms with Crippen molar-refractivity contribution in [2.75, 3.05) is 23.8 Å². The Hall–Kier alpha value is -1.77. The van der Waals surface area contributed by atoms with Crippen molar-refractivity contribution in [2.24, 2.45) is 0 Å². The summed E-state index contributed by atoms with van der Waals surface area (Å²) in [6, 6.07) is 8.30. The first-order chi connectivity index (χ1) is 8.09. The number of nitrogens with zero attached hydrogens (tertiary/aromatic N) is 2. The van der Waals surface area contributed by atoms with E-state index in [1.807, 2.05) is 12.3 Å². The highest BCUT2D eigenvalue weighted by Crippen LogP contribution is 2.39. The number of fused-ring (bicyclic) bond motifs is 3. The number of aromatic nitrogens is 1. The lowest BCUT2D eigenvalue weighted by Crippen LogP contribution is -2.50. The molecule has 0 amide bonds. The zero-order valence-corrected chi connectivity index (χ0v) is 10.5. The molecule has 1 aliphatic heterocycles. The molecule has 0 spiro atoms. The molecule has 3 heteroatoms. The topological polar surface area (TPSA) is 28.2 Å². The average molecular weight is 227 g/mol. The van der Waals surface area contributed by atoms with Crippen molar-refractivity contribution < 1.29 is 0 Å². The summed E-state index contributed by atoms with van der Waals surface area (Å²) >= 11 is 0. The molecule has 1 aromatic carbocycles. The maximum absolute atomic E-state index is 4.49. The highest BCUT2D eigenvalue weighted by Gasteiger charge is 2.31. The van der Waals surface area contributed by atoms with Crippen LogP contribution in [0, 0.1) is 0 Å². The second kappa shape index (κ2) is 3.36. The van der Waals surface area contributed by atoms with E-state index in [2.05, 4.69) is 54.3 Å². The molecule has 2 aromatic rings. The molecular weight excluding hydrogens is 210 g/mol. The van der Waals surface area contributed by atoms with Crippen LogP contribution in [0.4, 0.5) is 11.4 Å². The average Bonchev–Trinajstić information content (AvgIpc) is 2.33. The van der Waals surface area contributed by atoms with Crippen molar-refractivity contribution >= 4 is 22.3 Å². The molecule has 2 heterocycles. The maximum atomic E-state index is 4.49. The normalized spacial score (nSPS) is 17.7. The van der Waals surface area contributed by atoms with Gasteiger partial charge in [0.1, 0.15) is 0 Å². The van der Waals surface area contributed by atoms with E-state index in [1.165, 1.54) is 11.1 Å². The van der Waals surface area contributed by atoms with Crippen molar-refractivity contribution in [3.8, 4) is 0 Å². The van der Waals surface area contributed by atoms with Gasteiger partial charge >= 0.3 is 0 Å². The minimum Gasteiger partial charge on any atom is -0.380 e. The maximum Gasteiger partial charge on any atom is 0.0772 e. The zero-order valence-electron chi connectivity index (χ0n) is 10.5. The first-order valence-electron chi connectivity index (χ1n) is 5.95. The third kappa shape index (κ3) is 1.46. The monoisotopic (exact) mass is 227 g/mol. The lowest BCUT2D eigenvalue weighted by Gasteiger charge is -2.43. The van der Waals surface area contributed by atoms with Gasteiger partial charge in [-0.25, -0.2) is 0 Å². The lowest BCUT2D eigenvalue weighted by molar-refractivity contribution is 0.504. The van der Waals surface area contributed by atoms with Gasteiger partial charge in [-0.15, -0.1) is 0 Å². The minimum absolute atomic E-state index is 0.122. The summed E-state index contributed by atoms with van der Waals surface area (Å²) in [6.07, 6.45) is 1.93. The predicted molar refractivity (Wildman–Crippen MR) is 72.7 cm³/mol. The number of benzene rings is 1. The Morgan fingerprint density at radius 2 is 2.06 bits per heavy atom. The Kier molecular flexibility index (Phi) is 2.05. The van der Waals surface area contributed by atoms with Crippen LogP contribution < -0.4 is 10.2 Å². The van der Waals surface area contributed by atoms with Gasteiger partial charge in [-0.05, 0) is 19.9 Å². The van der Waals surface area contributed by atoms with Gasteiger partial charge in [0, 0.05) is 19.0 Å². The molecule has 0 fully saturated rings.